The number of carbonyl (C=O) groups excluding carboxylic acids is 2. The summed E-state index contributed by atoms with van der Waals surface area (Å²) in [7, 11) is 0. The Bertz CT molecular complexity index is 432. The maximum absolute atomic E-state index is 12.1. The number of amides is 2. The maximum atomic E-state index is 12.1. The number of hydrogen-bond acceptors (Lipinski definition) is 2. The summed E-state index contributed by atoms with van der Waals surface area (Å²) >= 11 is 6.11. The van der Waals surface area contributed by atoms with Gasteiger partial charge in [-0.1, -0.05) is 37.3 Å². The lowest BCUT2D eigenvalue weighted by Gasteiger charge is -2.18. The fourth-order valence-corrected chi connectivity index (χ4v) is 2.26. The molecule has 0 saturated carbocycles. The van der Waals surface area contributed by atoms with Gasteiger partial charge in [-0.15, -0.1) is 11.6 Å². The highest BCUT2D eigenvalue weighted by molar-refractivity contribution is 6.31. The number of imide groups is 1. The first-order chi connectivity index (χ1) is 8.09. The Balaban J connectivity index is 2.13. The van der Waals surface area contributed by atoms with Crippen molar-refractivity contribution >= 4 is 23.4 Å². The molecule has 2 atom stereocenters. The molecule has 4 heteroatoms. The quantitative estimate of drug-likeness (QED) is 0.757. The van der Waals surface area contributed by atoms with Gasteiger partial charge in [-0.3, -0.25) is 14.5 Å². The molecular weight excluding hydrogens is 238 g/mol. The average molecular weight is 252 g/mol. The van der Waals surface area contributed by atoms with Gasteiger partial charge < -0.3 is 0 Å². The van der Waals surface area contributed by atoms with Gasteiger partial charge in [-0.05, 0) is 11.5 Å². The fraction of sp³-hybridized carbons (Fsp3) is 0.385. The van der Waals surface area contributed by atoms with E-state index in [4.69, 9.17) is 11.6 Å². The summed E-state index contributed by atoms with van der Waals surface area (Å²) in [4.78, 5) is 25.0. The van der Waals surface area contributed by atoms with Crippen molar-refractivity contribution in [3.8, 4) is 0 Å². The molecule has 1 heterocycles. The van der Waals surface area contributed by atoms with Crippen molar-refractivity contribution in [2.45, 2.75) is 18.7 Å². The van der Waals surface area contributed by atoms with Crippen molar-refractivity contribution in [1.29, 1.82) is 0 Å². The Morgan fingerprint density at radius 1 is 1.41 bits per heavy atom. The molecule has 17 heavy (non-hydrogen) atoms. The SMILES string of the molecule is CC1CC(=O)N(C(=O)C(Cl)c2ccccc2)C1. The van der Waals surface area contributed by atoms with Crippen LogP contribution in [0.25, 0.3) is 0 Å². The van der Waals surface area contributed by atoms with Crippen molar-refractivity contribution in [1.82, 2.24) is 4.90 Å². The molecule has 0 aromatic heterocycles. The van der Waals surface area contributed by atoms with Crippen LogP contribution in [0.15, 0.2) is 30.3 Å². The molecule has 1 aliphatic heterocycles. The minimum Gasteiger partial charge on any atom is -0.281 e. The van der Waals surface area contributed by atoms with Gasteiger partial charge in [0.2, 0.25) is 5.91 Å². The summed E-state index contributed by atoms with van der Waals surface area (Å²) < 4.78 is 0. The van der Waals surface area contributed by atoms with Crippen molar-refractivity contribution in [3.63, 3.8) is 0 Å². The highest BCUT2D eigenvalue weighted by atomic mass is 35.5. The lowest BCUT2D eigenvalue weighted by atomic mass is 10.1. The summed E-state index contributed by atoms with van der Waals surface area (Å²) in [5, 5.41) is -0.773. The summed E-state index contributed by atoms with van der Waals surface area (Å²) in [6.07, 6.45) is 0.435. The number of alkyl halides is 1. The second-order valence-corrected chi connectivity index (χ2v) is 4.86. The van der Waals surface area contributed by atoms with Crippen molar-refractivity contribution in [2.75, 3.05) is 6.54 Å². The first-order valence-corrected chi connectivity index (χ1v) is 6.06. The predicted octanol–water partition coefficient (Wildman–Crippen LogP) is 2.36. The van der Waals surface area contributed by atoms with Crippen LogP contribution in [0.4, 0.5) is 0 Å². The zero-order chi connectivity index (χ0) is 12.4. The van der Waals surface area contributed by atoms with E-state index < -0.39 is 5.38 Å². The largest absolute Gasteiger partial charge is 0.281 e. The third-order valence-corrected chi connectivity index (χ3v) is 3.33. The topological polar surface area (TPSA) is 37.4 Å². The summed E-state index contributed by atoms with van der Waals surface area (Å²) in [6, 6.07) is 9.10. The molecule has 0 spiro atoms. The van der Waals surface area contributed by atoms with E-state index in [0.717, 1.165) is 5.56 Å². The number of nitrogens with zero attached hydrogens (tertiary/aromatic N) is 1. The molecule has 90 valence electrons. The number of halogens is 1. The first-order valence-electron chi connectivity index (χ1n) is 5.63. The molecular formula is C13H14ClNO2. The molecule has 3 nitrogen and oxygen atoms in total. The highest BCUT2D eigenvalue weighted by Gasteiger charge is 2.34. The smallest absolute Gasteiger partial charge is 0.251 e. The molecule has 2 rings (SSSR count). The molecule has 1 saturated heterocycles. The molecule has 2 unspecified atom stereocenters. The van der Waals surface area contributed by atoms with Gasteiger partial charge in [-0.25, -0.2) is 0 Å². The number of hydrogen-bond donors (Lipinski definition) is 0. The minimum atomic E-state index is -0.773. The Hall–Kier alpha value is -1.35. The Morgan fingerprint density at radius 2 is 2.06 bits per heavy atom. The molecule has 1 aromatic carbocycles. The van der Waals surface area contributed by atoms with Gasteiger partial charge in [0.15, 0.2) is 0 Å². The summed E-state index contributed by atoms with van der Waals surface area (Å²) in [6.45, 7) is 2.44. The van der Waals surface area contributed by atoms with Gasteiger partial charge in [0.25, 0.3) is 5.91 Å². The van der Waals surface area contributed by atoms with Crippen LogP contribution in [-0.2, 0) is 9.59 Å². The van der Waals surface area contributed by atoms with Crippen molar-refractivity contribution in [3.05, 3.63) is 35.9 Å². The number of benzene rings is 1. The molecule has 1 aliphatic rings. The number of rotatable bonds is 2. The third kappa shape index (κ3) is 2.50. The average Bonchev–Trinajstić information content (AvgIpc) is 2.68. The molecule has 2 amide bonds. The minimum absolute atomic E-state index is 0.121. The number of carbonyl (C=O) groups is 2. The summed E-state index contributed by atoms with van der Waals surface area (Å²) in [5.74, 6) is -0.206. The van der Waals surface area contributed by atoms with E-state index >= 15 is 0 Å². The summed E-state index contributed by atoms with van der Waals surface area (Å²) in [5.41, 5.74) is 0.728. The maximum Gasteiger partial charge on any atom is 0.251 e. The van der Waals surface area contributed by atoms with Crippen LogP contribution in [0.3, 0.4) is 0 Å². The van der Waals surface area contributed by atoms with Crippen LogP contribution >= 0.6 is 11.6 Å². The Morgan fingerprint density at radius 3 is 2.59 bits per heavy atom. The van der Waals surface area contributed by atoms with Gasteiger partial charge in [0.05, 0.1) is 0 Å². The first kappa shape index (κ1) is 12.1. The van der Waals surface area contributed by atoms with Gasteiger partial charge in [0.1, 0.15) is 5.38 Å². The molecule has 0 bridgehead atoms. The number of likely N-dealkylation sites (tertiary alicyclic amines) is 1. The highest BCUT2D eigenvalue weighted by Crippen LogP contribution is 2.26. The zero-order valence-corrected chi connectivity index (χ0v) is 10.4. The van der Waals surface area contributed by atoms with Crippen molar-refractivity contribution < 1.29 is 9.59 Å². The van der Waals surface area contributed by atoms with E-state index in [2.05, 4.69) is 0 Å². The molecule has 1 fully saturated rings. The molecule has 1 aromatic rings. The normalized spacial score (nSPS) is 21.6. The Kier molecular flexibility index (Phi) is 3.48. The molecule has 0 aliphatic carbocycles. The zero-order valence-electron chi connectivity index (χ0n) is 9.60. The van der Waals surface area contributed by atoms with Crippen LogP contribution in [-0.4, -0.2) is 23.3 Å². The van der Waals surface area contributed by atoms with Gasteiger partial charge in [-0.2, -0.15) is 0 Å². The van der Waals surface area contributed by atoms with Crippen LogP contribution < -0.4 is 0 Å². The van der Waals surface area contributed by atoms with E-state index in [0.29, 0.717) is 13.0 Å². The van der Waals surface area contributed by atoms with E-state index in [1.807, 2.05) is 25.1 Å². The monoisotopic (exact) mass is 251 g/mol. The second kappa shape index (κ2) is 4.88. The molecule has 0 radical (unpaired) electrons. The van der Waals surface area contributed by atoms with Crippen molar-refractivity contribution in [2.24, 2.45) is 5.92 Å². The van der Waals surface area contributed by atoms with E-state index in [1.54, 1.807) is 12.1 Å². The third-order valence-electron chi connectivity index (χ3n) is 2.89. The standard InChI is InChI=1S/C13H14ClNO2/c1-9-7-11(16)15(8-9)13(17)12(14)10-5-3-2-4-6-10/h2-6,9,12H,7-8H2,1H3. The molecule has 0 N–H and O–H groups in total. The van der Waals surface area contributed by atoms with E-state index in [1.165, 1.54) is 4.90 Å². The second-order valence-electron chi connectivity index (χ2n) is 4.43. The lowest BCUT2D eigenvalue weighted by molar-refractivity contribution is -0.141. The van der Waals surface area contributed by atoms with Gasteiger partial charge in [0, 0.05) is 13.0 Å². The van der Waals surface area contributed by atoms with E-state index in [9.17, 15) is 9.59 Å². The van der Waals surface area contributed by atoms with Crippen LogP contribution in [0, 0.1) is 5.92 Å². The predicted molar refractivity (Wildman–Crippen MR) is 65.5 cm³/mol. The lowest BCUT2D eigenvalue weighted by Crippen LogP contribution is -2.34. The van der Waals surface area contributed by atoms with Gasteiger partial charge >= 0.3 is 0 Å². The van der Waals surface area contributed by atoms with Crippen LogP contribution in [0.5, 0.6) is 0 Å². The van der Waals surface area contributed by atoms with E-state index in [-0.39, 0.29) is 17.7 Å². The van der Waals surface area contributed by atoms with Crippen LogP contribution in [0.1, 0.15) is 24.3 Å². The van der Waals surface area contributed by atoms with Crippen LogP contribution in [0.2, 0.25) is 0 Å². The Labute approximate surface area is 105 Å². The fourth-order valence-electron chi connectivity index (χ4n) is 2.00.